The van der Waals surface area contributed by atoms with Crippen molar-refractivity contribution < 1.29 is 27.5 Å². The molecule has 0 saturated carbocycles. The average molecular weight is 351 g/mol. The molecular weight excluding hydrogens is 342 g/mol. The number of H-pyrrole nitrogens is 1. The summed E-state index contributed by atoms with van der Waals surface area (Å²) in [5.41, 5.74) is -4.54. The maximum absolute atomic E-state index is 14.7. The molecule has 0 radical (unpaired) electrons. The predicted octanol–water partition coefficient (Wildman–Crippen LogP) is 4.05. The summed E-state index contributed by atoms with van der Waals surface area (Å²) >= 11 is 0. The van der Waals surface area contributed by atoms with E-state index in [2.05, 4.69) is 0 Å². The van der Waals surface area contributed by atoms with E-state index in [1.165, 1.54) is 24.3 Å². The molecule has 0 atom stereocenters. The first-order chi connectivity index (χ1) is 11.7. The van der Waals surface area contributed by atoms with E-state index in [9.17, 15) is 27.2 Å². The van der Waals surface area contributed by atoms with Crippen LogP contribution in [0.4, 0.5) is 17.6 Å². The molecule has 0 amide bonds. The van der Waals surface area contributed by atoms with E-state index >= 15 is 0 Å². The minimum Gasteiger partial charge on any atom is -0.477 e. The van der Waals surface area contributed by atoms with E-state index in [0.717, 1.165) is 6.07 Å². The number of benzene rings is 2. The van der Waals surface area contributed by atoms with Gasteiger partial charge in [0.25, 0.3) is 0 Å². The van der Waals surface area contributed by atoms with Gasteiger partial charge in [0.05, 0.1) is 5.52 Å². The fourth-order valence-corrected chi connectivity index (χ4v) is 2.57. The summed E-state index contributed by atoms with van der Waals surface area (Å²) in [6.07, 6.45) is -5.13. The van der Waals surface area contributed by atoms with E-state index in [1.54, 1.807) is 6.07 Å². The molecule has 0 aliphatic rings. The van der Waals surface area contributed by atoms with E-state index in [1.807, 2.05) is 4.98 Å². The zero-order valence-corrected chi connectivity index (χ0v) is 12.3. The van der Waals surface area contributed by atoms with Gasteiger partial charge in [-0.15, -0.1) is 0 Å². The number of nitrogens with one attached hydrogen (secondary N) is 1. The van der Waals surface area contributed by atoms with Crippen LogP contribution in [0.3, 0.4) is 0 Å². The van der Waals surface area contributed by atoms with Crippen LogP contribution in [0.25, 0.3) is 22.0 Å². The summed E-state index contributed by atoms with van der Waals surface area (Å²) in [6, 6.07) is 9.11. The number of carboxylic acids is 1. The first kappa shape index (κ1) is 16.7. The number of aromatic carboxylic acids is 1. The van der Waals surface area contributed by atoms with Gasteiger partial charge in [-0.1, -0.05) is 30.3 Å². The van der Waals surface area contributed by atoms with E-state index in [-0.39, 0.29) is 5.56 Å². The third-order valence-electron chi connectivity index (χ3n) is 3.66. The van der Waals surface area contributed by atoms with Crippen LogP contribution in [-0.4, -0.2) is 16.1 Å². The highest BCUT2D eigenvalue weighted by Gasteiger charge is 2.38. The summed E-state index contributed by atoms with van der Waals surface area (Å²) in [5, 5.41) is 8.47. The number of carbonyl (C=O) groups is 1. The number of rotatable bonds is 2. The molecule has 0 unspecified atom stereocenters. The maximum Gasteiger partial charge on any atom is 0.421 e. The van der Waals surface area contributed by atoms with Gasteiger partial charge >= 0.3 is 12.1 Å². The molecule has 3 rings (SSSR count). The van der Waals surface area contributed by atoms with Crippen LogP contribution in [0.15, 0.2) is 47.3 Å². The number of hydrogen-bond donors (Lipinski definition) is 2. The number of pyridine rings is 1. The van der Waals surface area contributed by atoms with Crippen LogP contribution in [0.1, 0.15) is 16.1 Å². The largest absolute Gasteiger partial charge is 0.477 e. The molecule has 8 heteroatoms. The molecule has 0 bridgehead atoms. The van der Waals surface area contributed by atoms with Gasteiger partial charge in [-0.2, -0.15) is 13.2 Å². The van der Waals surface area contributed by atoms with Crippen LogP contribution in [0, 0.1) is 5.82 Å². The van der Waals surface area contributed by atoms with Crippen LogP contribution >= 0.6 is 0 Å². The van der Waals surface area contributed by atoms with Crippen molar-refractivity contribution in [2.75, 3.05) is 0 Å². The quantitative estimate of drug-likeness (QED) is 0.684. The van der Waals surface area contributed by atoms with Crippen molar-refractivity contribution in [3.63, 3.8) is 0 Å². The fraction of sp³-hybridized carbons (Fsp3) is 0.0588. The molecule has 128 valence electrons. The van der Waals surface area contributed by atoms with Crippen molar-refractivity contribution >= 4 is 16.9 Å². The van der Waals surface area contributed by atoms with Gasteiger partial charge in [0, 0.05) is 17.0 Å². The Morgan fingerprint density at radius 3 is 2.28 bits per heavy atom. The van der Waals surface area contributed by atoms with Crippen molar-refractivity contribution in [2.24, 2.45) is 0 Å². The van der Waals surface area contributed by atoms with Crippen molar-refractivity contribution in [1.82, 2.24) is 4.98 Å². The second-order valence-corrected chi connectivity index (χ2v) is 5.25. The Hall–Kier alpha value is -3.16. The van der Waals surface area contributed by atoms with Crippen LogP contribution in [0.5, 0.6) is 0 Å². The van der Waals surface area contributed by atoms with Gasteiger partial charge in [-0.25, -0.2) is 9.18 Å². The molecule has 0 aliphatic carbocycles. The molecule has 0 spiro atoms. The Balaban J connectivity index is 2.50. The predicted molar refractivity (Wildman–Crippen MR) is 81.9 cm³/mol. The average Bonchev–Trinajstić information content (AvgIpc) is 2.53. The van der Waals surface area contributed by atoms with E-state index in [0.29, 0.717) is 6.07 Å². The summed E-state index contributed by atoms with van der Waals surface area (Å²) < 4.78 is 54.9. The highest BCUT2D eigenvalue weighted by Crippen LogP contribution is 2.39. The SMILES string of the molecule is O=C(O)c1cc(=O)c2cc(-c3ccccc3)c(F)c(C(F)(F)F)c2[nH]1. The molecule has 4 nitrogen and oxygen atoms in total. The molecule has 0 aliphatic heterocycles. The molecular formula is C17H9F4NO3. The zero-order valence-electron chi connectivity index (χ0n) is 12.3. The lowest BCUT2D eigenvalue weighted by molar-refractivity contribution is -0.138. The summed E-state index contributed by atoms with van der Waals surface area (Å²) in [5.74, 6) is -3.20. The topological polar surface area (TPSA) is 70.2 Å². The monoisotopic (exact) mass is 351 g/mol. The van der Waals surface area contributed by atoms with Crippen molar-refractivity contribution in [3.8, 4) is 11.1 Å². The van der Waals surface area contributed by atoms with Crippen LogP contribution in [-0.2, 0) is 6.18 Å². The van der Waals surface area contributed by atoms with Crippen LogP contribution < -0.4 is 5.43 Å². The Morgan fingerprint density at radius 1 is 1.08 bits per heavy atom. The lowest BCUT2D eigenvalue weighted by Crippen LogP contribution is -2.16. The molecule has 0 fully saturated rings. The third-order valence-corrected chi connectivity index (χ3v) is 3.66. The summed E-state index contributed by atoms with van der Waals surface area (Å²) in [7, 11) is 0. The van der Waals surface area contributed by atoms with Gasteiger partial charge in [0.15, 0.2) is 5.43 Å². The Bertz CT molecular complexity index is 1040. The van der Waals surface area contributed by atoms with Crippen molar-refractivity contribution in [2.45, 2.75) is 6.18 Å². The standard InChI is InChI=1S/C17H9F4NO3/c18-14-9(8-4-2-1-3-5-8)6-10-12(23)7-11(16(24)25)22-15(10)13(14)17(19,20)21/h1-7H,(H,22,23)(H,24,25). The summed E-state index contributed by atoms with van der Waals surface area (Å²) in [4.78, 5) is 25.1. The molecule has 25 heavy (non-hydrogen) atoms. The highest BCUT2D eigenvalue weighted by molar-refractivity contribution is 5.93. The number of aromatic amines is 1. The third kappa shape index (κ3) is 2.86. The van der Waals surface area contributed by atoms with Crippen molar-refractivity contribution in [3.05, 3.63) is 69.8 Å². The Morgan fingerprint density at radius 2 is 1.72 bits per heavy atom. The number of aromatic nitrogens is 1. The number of alkyl halides is 3. The van der Waals surface area contributed by atoms with Gasteiger partial charge in [0.2, 0.25) is 0 Å². The number of hydrogen-bond acceptors (Lipinski definition) is 2. The van der Waals surface area contributed by atoms with Crippen molar-refractivity contribution in [1.29, 1.82) is 0 Å². The first-order valence-corrected chi connectivity index (χ1v) is 6.95. The number of halogens is 4. The maximum atomic E-state index is 14.7. The lowest BCUT2D eigenvalue weighted by atomic mass is 9.97. The van der Waals surface area contributed by atoms with Gasteiger partial charge in [-0.3, -0.25) is 4.79 Å². The molecule has 1 heterocycles. The molecule has 3 aromatic rings. The zero-order chi connectivity index (χ0) is 18.4. The van der Waals surface area contributed by atoms with Gasteiger partial charge in [-0.05, 0) is 11.6 Å². The minimum absolute atomic E-state index is 0.161. The number of carboxylic acid groups (broad SMARTS) is 1. The summed E-state index contributed by atoms with van der Waals surface area (Å²) in [6.45, 7) is 0. The van der Waals surface area contributed by atoms with Crippen LogP contribution in [0.2, 0.25) is 0 Å². The molecule has 2 N–H and O–H groups in total. The molecule has 1 aromatic heterocycles. The van der Waals surface area contributed by atoms with E-state index < -0.39 is 51.1 Å². The Labute approximate surface area is 137 Å². The smallest absolute Gasteiger partial charge is 0.421 e. The molecule has 0 saturated heterocycles. The number of fused-ring (bicyclic) bond motifs is 1. The fourth-order valence-electron chi connectivity index (χ4n) is 2.57. The van der Waals surface area contributed by atoms with Gasteiger partial charge in [0.1, 0.15) is 17.1 Å². The minimum atomic E-state index is -5.13. The highest BCUT2D eigenvalue weighted by atomic mass is 19.4. The Kier molecular flexibility index (Phi) is 3.82. The lowest BCUT2D eigenvalue weighted by Gasteiger charge is -2.15. The van der Waals surface area contributed by atoms with Gasteiger partial charge < -0.3 is 10.1 Å². The van der Waals surface area contributed by atoms with E-state index in [4.69, 9.17) is 5.11 Å². The second kappa shape index (κ2) is 5.73. The normalized spacial score (nSPS) is 11.7. The second-order valence-electron chi connectivity index (χ2n) is 5.25. The first-order valence-electron chi connectivity index (χ1n) is 6.95. The molecule has 2 aromatic carbocycles.